The summed E-state index contributed by atoms with van der Waals surface area (Å²) in [7, 11) is 1.86. The summed E-state index contributed by atoms with van der Waals surface area (Å²) in [6.07, 6.45) is 0. The molecule has 2 aromatic rings. The molecule has 0 aliphatic carbocycles. The van der Waals surface area contributed by atoms with Gasteiger partial charge < -0.3 is 10.2 Å². The van der Waals surface area contributed by atoms with Crippen LogP contribution in [0.2, 0.25) is 0 Å². The average Bonchev–Trinajstić information content (AvgIpc) is 2.84. The van der Waals surface area contributed by atoms with Crippen LogP contribution in [0.3, 0.4) is 0 Å². The molecule has 1 N–H and O–H groups in total. The van der Waals surface area contributed by atoms with Crippen molar-refractivity contribution in [3.05, 3.63) is 35.3 Å². The zero-order valence-corrected chi connectivity index (χ0v) is 10.9. The Morgan fingerprint density at radius 2 is 2.00 bits per heavy atom. The van der Waals surface area contributed by atoms with E-state index in [1.165, 1.54) is 5.69 Å². The number of nitrogens with one attached hydrogen (secondary N) is 1. The smallest absolute Gasteiger partial charge is 0.205 e. The van der Waals surface area contributed by atoms with Gasteiger partial charge in [-0.3, -0.25) is 0 Å². The van der Waals surface area contributed by atoms with Crippen molar-refractivity contribution in [2.75, 3.05) is 23.8 Å². The maximum atomic E-state index is 4.16. The van der Waals surface area contributed by atoms with Crippen LogP contribution in [0.1, 0.15) is 11.9 Å². The van der Waals surface area contributed by atoms with Crippen LogP contribution >= 0.6 is 11.3 Å². The lowest BCUT2D eigenvalue weighted by molar-refractivity contribution is 0.812. The zero-order valence-electron chi connectivity index (χ0n) is 10.1. The minimum Gasteiger partial charge on any atom is -0.365 e. The topological polar surface area (TPSA) is 41.1 Å². The van der Waals surface area contributed by atoms with Gasteiger partial charge in [0.05, 0.1) is 6.54 Å². The van der Waals surface area contributed by atoms with Gasteiger partial charge in [-0.25, -0.2) is 0 Å². The Morgan fingerprint density at radius 1 is 1.24 bits per heavy atom. The highest BCUT2D eigenvalue weighted by atomic mass is 32.1. The molecule has 5 heteroatoms. The number of rotatable bonds is 5. The van der Waals surface area contributed by atoms with E-state index in [9.17, 15) is 0 Å². The first-order chi connectivity index (χ1) is 8.33. The molecule has 1 aromatic heterocycles. The van der Waals surface area contributed by atoms with Crippen LogP contribution in [0, 0.1) is 0 Å². The maximum absolute atomic E-state index is 4.16. The molecule has 0 aliphatic heterocycles. The fourth-order valence-corrected chi connectivity index (χ4v) is 2.32. The van der Waals surface area contributed by atoms with E-state index in [2.05, 4.69) is 51.6 Å². The van der Waals surface area contributed by atoms with Crippen LogP contribution in [0.5, 0.6) is 0 Å². The molecule has 90 valence electrons. The van der Waals surface area contributed by atoms with Gasteiger partial charge in [0.1, 0.15) is 5.01 Å². The second-order valence-electron chi connectivity index (χ2n) is 3.60. The number of para-hydroxylation sites is 1. The van der Waals surface area contributed by atoms with Gasteiger partial charge >= 0.3 is 0 Å². The molecule has 0 fully saturated rings. The first-order valence-corrected chi connectivity index (χ1v) is 6.45. The molecule has 0 amide bonds. The van der Waals surface area contributed by atoms with Crippen LogP contribution in [-0.4, -0.2) is 23.8 Å². The second-order valence-corrected chi connectivity index (χ2v) is 4.66. The van der Waals surface area contributed by atoms with Crippen LogP contribution in [0.25, 0.3) is 0 Å². The molecule has 2 rings (SSSR count). The first-order valence-electron chi connectivity index (χ1n) is 5.63. The number of benzene rings is 1. The summed E-state index contributed by atoms with van der Waals surface area (Å²) >= 11 is 1.60. The van der Waals surface area contributed by atoms with Crippen molar-refractivity contribution in [2.45, 2.75) is 13.5 Å². The van der Waals surface area contributed by atoms with Crippen molar-refractivity contribution in [3.8, 4) is 0 Å². The van der Waals surface area contributed by atoms with E-state index < -0.39 is 0 Å². The van der Waals surface area contributed by atoms with E-state index in [1.54, 1.807) is 11.3 Å². The van der Waals surface area contributed by atoms with E-state index in [0.717, 1.165) is 23.2 Å². The van der Waals surface area contributed by atoms with E-state index in [0.29, 0.717) is 0 Å². The van der Waals surface area contributed by atoms with Gasteiger partial charge in [-0.2, -0.15) is 0 Å². The fourth-order valence-electron chi connectivity index (χ4n) is 1.61. The van der Waals surface area contributed by atoms with E-state index in [-0.39, 0.29) is 0 Å². The summed E-state index contributed by atoms with van der Waals surface area (Å²) in [6.45, 7) is 3.91. The maximum Gasteiger partial charge on any atom is 0.205 e. The first kappa shape index (κ1) is 11.9. The number of hydrogen-bond acceptors (Lipinski definition) is 5. The van der Waals surface area contributed by atoms with Gasteiger partial charge in [-0.15, -0.1) is 10.2 Å². The number of aromatic nitrogens is 2. The summed E-state index contributed by atoms with van der Waals surface area (Å²) in [4.78, 5) is 2.28. The largest absolute Gasteiger partial charge is 0.365 e. The van der Waals surface area contributed by atoms with E-state index in [1.807, 2.05) is 13.1 Å². The van der Waals surface area contributed by atoms with Crippen LogP contribution in [0.4, 0.5) is 10.8 Å². The van der Waals surface area contributed by atoms with Crippen molar-refractivity contribution < 1.29 is 0 Å². The summed E-state index contributed by atoms with van der Waals surface area (Å²) in [5, 5.41) is 13.1. The van der Waals surface area contributed by atoms with Crippen molar-refractivity contribution >= 4 is 22.2 Å². The average molecular weight is 248 g/mol. The number of anilines is 2. The van der Waals surface area contributed by atoms with Gasteiger partial charge in [0.2, 0.25) is 5.13 Å². The normalized spacial score (nSPS) is 10.2. The molecule has 0 radical (unpaired) electrons. The quantitative estimate of drug-likeness (QED) is 0.883. The standard InChI is InChI=1S/C12H16N4S/c1-3-16(10-7-5-4-6-8-10)9-11-14-15-12(13-2)17-11/h4-8H,3,9H2,1-2H3,(H,13,15). The molecule has 0 bridgehead atoms. The van der Waals surface area contributed by atoms with Crippen LogP contribution < -0.4 is 10.2 Å². The minimum absolute atomic E-state index is 0.805. The van der Waals surface area contributed by atoms with Crippen LogP contribution in [-0.2, 0) is 6.54 Å². The summed E-state index contributed by atoms with van der Waals surface area (Å²) in [5.74, 6) is 0. The lowest BCUT2D eigenvalue weighted by Crippen LogP contribution is -2.21. The van der Waals surface area contributed by atoms with Crippen LogP contribution in [0.15, 0.2) is 30.3 Å². The molecule has 0 saturated carbocycles. The SMILES string of the molecule is CCN(Cc1nnc(NC)s1)c1ccccc1. The van der Waals surface area contributed by atoms with E-state index in [4.69, 9.17) is 0 Å². The molecule has 4 nitrogen and oxygen atoms in total. The van der Waals surface area contributed by atoms with Gasteiger partial charge in [0.15, 0.2) is 0 Å². The van der Waals surface area contributed by atoms with Crippen molar-refractivity contribution in [1.29, 1.82) is 0 Å². The van der Waals surface area contributed by atoms with Crippen molar-refractivity contribution in [1.82, 2.24) is 10.2 Å². The summed E-state index contributed by atoms with van der Waals surface area (Å²) in [5.41, 5.74) is 1.22. The van der Waals surface area contributed by atoms with E-state index >= 15 is 0 Å². The number of hydrogen-bond donors (Lipinski definition) is 1. The predicted molar refractivity (Wildman–Crippen MR) is 72.6 cm³/mol. The van der Waals surface area contributed by atoms with Gasteiger partial charge in [0, 0.05) is 19.3 Å². The Morgan fingerprint density at radius 3 is 2.59 bits per heavy atom. The molecular weight excluding hydrogens is 232 g/mol. The van der Waals surface area contributed by atoms with Gasteiger partial charge in [0.25, 0.3) is 0 Å². The third-order valence-electron chi connectivity index (χ3n) is 2.51. The lowest BCUT2D eigenvalue weighted by atomic mass is 10.3. The third-order valence-corrected chi connectivity index (χ3v) is 3.44. The summed E-state index contributed by atoms with van der Waals surface area (Å²) in [6, 6.07) is 10.4. The summed E-state index contributed by atoms with van der Waals surface area (Å²) < 4.78 is 0. The Bertz CT molecular complexity index is 455. The highest BCUT2D eigenvalue weighted by molar-refractivity contribution is 7.15. The third kappa shape index (κ3) is 2.94. The Labute approximate surface area is 105 Å². The molecule has 17 heavy (non-hydrogen) atoms. The Balaban J connectivity index is 2.10. The molecule has 1 aromatic carbocycles. The molecule has 0 unspecified atom stereocenters. The molecule has 0 spiro atoms. The predicted octanol–water partition coefficient (Wildman–Crippen LogP) is 2.61. The lowest BCUT2D eigenvalue weighted by Gasteiger charge is -2.21. The molecular formula is C12H16N4S. The molecule has 0 aliphatic rings. The highest BCUT2D eigenvalue weighted by Gasteiger charge is 2.08. The van der Waals surface area contributed by atoms with Gasteiger partial charge in [-0.05, 0) is 19.1 Å². The second kappa shape index (κ2) is 5.63. The van der Waals surface area contributed by atoms with Crippen molar-refractivity contribution in [3.63, 3.8) is 0 Å². The van der Waals surface area contributed by atoms with Gasteiger partial charge in [-0.1, -0.05) is 29.5 Å². The molecule has 1 heterocycles. The Hall–Kier alpha value is -1.62. The highest BCUT2D eigenvalue weighted by Crippen LogP contribution is 2.20. The molecule has 0 saturated heterocycles. The monoisotopic (exact) mass is 248 g/mol. The molecule has 0 atom stereocenters. The van der Waals surface area contributed by atoms with Crippen molar-refractivity contribution in [2.24, 2.45) is 0 Å². The minimum atomic E-state index is 0.805. The zero-order chi connectivity index (χ0) is 12.1. The fraction of sp³-hybridized carbons (Fsp3) is 0.333. The Kier molecular flexibility index (Phi) is 3.93. The number of nitrogens with zero attached hydrogens (tertiary/aromatic N) is 3.